The molecule has 6 heteroatoms. The van der Waals surface area contributed by atoms with Crippen LogP contribution in [0.25, 0.3) is 0 Å². The number of carbonyl (C=O) groups excluding carboxylic acids is 1. The molecule has 154 valence electrons. The van der Waals surface area contributed by atoms with Crippen molar-refractivity contribution in [2.45, 2.75) is 20.0 Å². The van der Waals surface area contributed by atoms with Crippen molar-refractivity contribution in [3.8, 4) is 17.6 Å². The Labute approximate surface area is 186 Å². The molecule has 1 fully saturated rings. The number of hydrogen-bond donors (Lipinski definition) is 0. The molecule has 0 amide bonds. The third-order valence-electron chi connectivity index (χ3n) is 5.20. The first kappa shape index (κ1) is 22.0. The minimum atomic E-state index is -1.02. The minimum absolute atomic E-state index is 0.0129. The van der Waals surface area contributed by atoms with Crippen LogP contribution in [-0.4, -0.2) is 5.97 Å². The zero-order valence-electron chi connectivity index (χ0n) is 16.6. The number of benzene rings is 2. The Morgan fingerprint density at radius 3 is 2.50 bits per heavy atom. The largest absolute Gasteiger partial charge is 0.457 e. The van der Waals surface area contributed by atoms with E-state index in [1.165, 1.54) is 0 Å². The maximum atomic E-state index is 12.7. The first-order valence-corrected chi connectivity index (χ1v) is 10.2. The quantitative estimate of drug-likeness (QED) is 0.352. The lowest BCUT2D eigenvalue weighted by Gasteiger charge is -2.13. The van der Waals surface area contributed by atoms with Gasteiger partial charge < -0.3 is 9.47 Å². The molecular weight excluding hydrogens is 421 g/mol. The van der Waals surface area contributed by atoms with Crippen LogP contribution in [0.2, 0.25) is 0 Å². The van der Waals surface area contributed by atoms with Crippen molar-refractivity contribution in [2.75, 3.05) is 0 Å². The molecule has 0 saturated heterocycles. The summed E-state index contributed by atoms with van der Waals surface area (Å²) in [7, 11) is 0. The van der Waals surface area contributed by atoms with Gasteiger partial charge in [-0.1, -0.05) is 79.5 Å². The lowest BCUT2D eigenvalue weighted by Crippen LogP contribution is -2.14. The molecule has 0 heterocycles. The number of para-hydroxylation sites is 1. The highest BCUT2D eigenvalue weighted by atomic mass is 35.5. The van der Waals surface area contributed by atoms with Gasteiger partial charge in [-0.2, -0.15) is 5.26 Å². The van der Waals surface area contributed by atoms with Gasteiger partial charge in [-0.3, -0.25) is 4.79 Å². The van der Waals surface area contributed by atoms with Gasteiger partial charge >= 0.3 is 5.97 Å². The fourth-order valence-corrected chi connectivity index (χ4v) is 3.60. The average molecular weight is 442 g/mol. The molecule has 2 aromatic carbocycles. The van der Waals surface area contributed by atoms with Gasteiger partial charge in [0, 0.05) is 5.56 Å². The third kappa shape index (κ3) is 5.24. The molecule has 0 bridgehead atoms. The topological polar surface area (TPSA) is 59.3 Å². The van der Waals surface area contributed by atoms with E-state index in [1.807, 2.05) is 50.3 Å². The zero-order valence-corrected chi connectivity index (χ0v) is 18.1. The van der Waals surface area contributed by atoms with Crippen molar-refractivity contribution < 1.29 is 14.3 Å². The average Bonchev–Trinajstić information content (AvgIpc) is 3.27. The summed E-state index contributed by atoms with van der Waals surface area (Å²) < 4.78 is 11.5. The van der Waals surface area contributed by atoms with Crippen LogP contribution in [0, 0.1) is 28.6 Å². The molecule has 3 atom stereocenters. The van der Waals surface area contributed by atoms with Gasteiger partial charge in [-0.15, -0.1) is 0 Å². The number of halogens is 2. The number of nitriles is 1. The minimum Gasteiger partial charge on any atom is -0.457 e. The molecule has 30 heavy (non-hydrogen) atoms. The van der Waals surface area contributed by atoms with E-state index in [4.69, 9.17) is 32.7 Å². The molecule has 0 aromatic heterocycles. The smallest absolute Gasteiger partial charge is 0.311 e. The van der Waals surface area contributed by atoms with Gasteiger partial charge in [0.05, 0.1) is 5.92 Å². The molecule has 4 nitrogen and oxygen atoms in total. The van der Waals surface area contributed by atoms with E-state index in [-0.39, 0.29) is 21.7 Å². The van der Waals surface area contributed by atoms with Gasteiger partial charge in [0.25, 0.3) is 0 Å². The Hall–Kier alpha value is -2.74. The van der Waals surface area contributed by atoms with E-state index >= 15 is 0 Å². The Morgan fingerprint density at radius 2 is 1.83 bits per heavy atom. The Kier molecular flexibility index (Phi) is 6.87. The van der Waals surface area contributed by atoms with Crippen molar-refractivity contribution in [3.63, 3.8) is 0 Å². The Bertz CT molecular complexity index is 1000. The molecule has 2 aromatic rings. The monoisotopic (exact) mass is 441 g/mol. The standard InChI is InChI=1S/C24H21Cl2NO3/c1-24(2)19(12-7-13-21(25)26)22(24)23(28)30-20(15-27)16-8-6-11-18(14-16)29-17-9-4-3-5-10-17/h3-14,19-20,22H,1-2H3/t19-,20+,22-/m0/s1. The third-order valence-corrected chi connectivity index (χ3v) is 5.45. The van der Waals surface area contributed by atoms with E-state index < -0.39 is 12.1 Å². The van der Waals surface area contributed by atoms with Crippen LogP contribution in [0.4, 0.5) is 0 Å². The van der Waals surface area contributed by atoms with Gasteiger partial charge in [-0.05, 0) is 41.7 Å². The summed E-state index contributed by atoms with van der Waals surface area (Å²) in [6, 6.07) is 18.4. The van der Waals surface area contributed by atoms with E-state index in [9.17, 15) is 10.1 Å². The SMILES string of the molecule is CC1(C)[C@H](C(=O)O[C@H](C#N)c2cccc(Oc3ccccc3)c2)[C@@H]1C=CC=C(Cl)Cl. The van der Waals surface area contributed by atoms with Crippen molar-refractivity contribution >= 4 is 29.2 Å². The van der Waals surface area contributed by atoms with Crippen LogP contribution in [0.15, 0.2) is 77.3 Å². The summed E-state index contributed by atoms with van der Waals surface area (Å²) in [4.78, 5) is 12.7. The van der Waals surface area contributed by atoms with Crippen LogP contribution in [0.5, 0.6) is 11.5 Å². The molecule has 0 N–H and O–H groups in total. The summed E-state index contributed by atoms with van der Waals surface area (Å²) in [5.74, 6) is 0.487. The number of allylic oxidation sites excluding steroid dienone is 3. The van der Waals surface area contributed by atoms with Gasteiger partial charge in [0.2, 0.25) is 6.10 Å². The predicted molar refractivity (Wildman–Crippen MR) is 117 cm³/mol. The lowest BCUT2D eigenvalue weighted by atomic mass is 10.1. The molecule has 0 radical (unpaired) electrons. The number of carbonyl (C=O) groups is 1. The first-order chi connectivity index (χ1) is 14.3. The number of rotatable bonds is 7. The maximum absolute atomic E-state index is 12.7. The summed E-state index contributed by atoms with van der Waals surface area (Å²) in [5.41, 5.74) is 0.292. The van der Waals surface area contributed by atoms with E-state index in [1.54, 1.807) is 36.4 Å². The molecule has 1 aliphatic carbocycles. The van der Waals surface area contributed by atoms with E-state index in [0.29, 0.717) is 17.1 Å². The summed E-state index contributed by atoms with van der Waals surface area (Å²) in [6.07, 6.45) is 4.14. The zero-order chi connectivity index (χ0) is 21.7. The second-order valence-corrected chi connectivity index (χ2v) is 8.61. The van der Waals surface area contributed by atoms with Crippen LogP contribution in [0.3, 0.4) is 0 Å². The van der Waals surface area contributed by atoms with Crippen molar-refractivity contribution in [1.82, 2.24) is 0 Å². The fourth-order valence-electron chi connectivity index (χ4n) is 3.46. The number of ether oxygens (including phenoxy) is 2. The van der Waals surface area contributed by atoms with Crippen molar-refractivity contribution in [2.24, 2.45) is 17.3 Å². The summed E-state index contributed by atoms with van der Waals surface area (Å²) in [5, 5.41) is 9.59. The molecular formula is C24H21Cl2NO3. The van der Waals surface area contributed by atoms with Crippen molar-refractivity contribution in [1.29, 1.82) is 5.26 Å². The van der Waals surface area contributed by atoms with E-state index in [2.05, 4.69) is 6.07 Å². The molecule has 1 aliphatic rings. The second-order valence-electron chi connectivity index (χ2n) is 7.60. The Morgan fingerprint density at radius 1 is 1.13 bits per heavy atom. The highest BCUT2D eigenvalue weighted by Gasteiger charge is 2.61. The Balaban J connectivity index is 1.69. The van der Waals surface area contributed by atoms with Crippen LogP contribution >= 0.6 is 23.2 Å². The van der Waals surface area contributed by atoms with Crippen LogP contribution in [-0.2, 0) is 9.53 Å². The van der Waals surface area contributed by atoms with Gasteiger partial charge in [0.1, 0.15) is 22.1 Å². The second kappa shape index (κ2) is 9.38. The molecule has 0 unspecified atom stereocenters. The van der Waals surface area contributed by atoms with Crippen molar-refractivity contribution in [3.05, 3.63) is 82.9 Å². The first-order valence-electron chi connectivity index (χ1n) is 9.45. The highest BCUT2D eigenvalue weighted by molar-refractivity contribution is 6.55. The number of hydrogen-bond acceptors (Lipinski definition) is 4. The maximum Gasteiger partial charge on any atom is 0.311 e. The summed E-state index contributed by atoms with van der Waals surface area (Å²) in [6.45, 7) is 3.96. The number of nitrogens with zero attached hydrogens (tertiary/aromatic N) is 1. The van der Waals surface area contributed by atoms with E-state index in [0.717, 1.165) is 0 Å². The number of esters is 1. The molecule has 0 spiro atoms. The lowest BCUT2D eigenvalue weighted by molar-refractivity contribution is -0.149. The highest BCUT2D eigenvalue weighted by Crippen LogP contribution is 2.59. The predicted octanol–water partition coefficient (Wildman–Crippen LogP) is 6.73. The molecule has 0 aliphatic heterocycles. The fraction of sp³-hybridized carbons (Fsp3) is 0.250. The summed E-state index contributed by atoms with van der Waals surface area (Å²) >= 11 is 11.2. The normalized spacial score (nSPS) is 20.1. The van der Waals surface area contributed by atoms with Gasteiger partial charge in [-0.25, -0.2) is 0 Å². The van der Waals surface area contributed by atoms with Crippen LogP contribution in [0.1, 0.15) is 25.5 Å². The molecule has 3 rings (SSSR count). The van der Waals surface area contributed by atoms with Gasteiger partial charge in [0.15, 0.2) is 0 Å². The van der Waals surface area contributed by atoms with Crippen LogP contribution < -0.4 is 4.74 Å². The molecule has 1 saturated carbocycles.